The molecule has 0 unspecified atom stereocenters. The van der Waals surface area contributed by atoms with Gasteiger partial charge in [-0.25, -0.2) is 9.67 Å². The van der Waals surface area contributed by atoms with E-state index in [4.69, 9.17) is 9.26 Å². The minimum absolute atomic E-state index is 0.193. The van der Waals surface area contributed by atoms with Gasteiger partial charge in [0.2, 0.25) is 5.82 Å². The number of hydrogen-bond donors (Lipinski definition) is 1. The zero-order chi connectivity index (χ0) is 16.5. The molecule has 4 heterocycles. The molecule has 0 bridgehead atoms. The third kappa shape index (κ3) is 2.81. The van der Waals surface area contributed by atoms with Crippen molar-refractivity contribution < 1.29 is 9.26 Å². The Morgan fingerprint density at radius 1 is 1.29 bits per heavy atom. The van der Waals surface area contributed by atoms with E-state index in [1.807, 2.05) is 36.7 Å². The largest absolute Gasteiger partial charge is 0.366 e. The summed E-state index contributed by atoms with van der Waals surface area (Å²) in [6.07, 6.45) is 1.53. The first kappa shape index (κ1) is 15.0. The molecule has 1 aliphatic heterocycles. The SMILES string of the molecule is Cc1cc(C)n(-c2ccc(-c3noc([C@@H]4CNCCO4)n3)cn2)n1. The van der Waals surface area contributed by atoms with Crippen molar-refractivity contribution in [2.75, 3.05) is 19.7 Å². The Balaban J connectivity index is 1.57. The topological polar surface area (TPSA) is 90.9 Å². The van der Waals surface area contributed by atoms with Crippen LogP contribution in [-0.2, 0) is 4.74 Å². The Bertz CT molecular complexity index is 833. The van der Waals surface area contributed by atoms with E-state index >= 15 is 0 Å². The monoisotopic (exact) mass is 326 g/mol. The molecular formula is C16H18N6O2. The van der Waals surface area contributed by atoms with Crippen LogP contribution in [0.4, 0.5) is 0 Å². The van der Waals surface area contributed by atoms with Gasteiger partial charge in [0.05, 0.1) is 12.3 Å². The molecule has 8 nitrogen and oxygen atoms in total. The summed E-state index contributed by atoms with van der Waals surface area (Å²) in [4.78, 5) is 8.88. The number of nitrogens with zero attached hydrogens (tertiary/aromatic N) is 5. The standard InChI is InChI=1S/C16H18N6O2/c1-10-7-11(2)22(20-10)14-4-3-12(8-18-14)15-19-16(24-21-15)13-9-17-5-6-23-13/h3-4,7-8,13,17H,5-6,9H2,1-2H3/t13-/m0/s1. The maximum Gasteiger partial charge on any atom is 0.257 e. The number of rotatable bonds is 3. The van der Waals surface area contributed by atoms with E-state index in [0.29, 0.717) is 24.9 Å². The van der Waals surface area contributed by atoms with Gasteiger partial charge in [-0.05, 0) is 32.0 Å². The Morgan fingerprint density at radius 3 is 2.88 bits per heavy atom. The molecule has 124 valence electrons. The molecule has 8 heteroatoms. The molecule has 3 aromatic heterocycles. The summed E-state index contributed by atoms with van der Waals surface area (Å²) in [7, 11) is 0. The van der Waals surface area contributed by atoms with Crippen molar-refractivity contribution in [1.82, 2.24) is 30.2 Å². The fourth-order valence-electron chi connectivity index (χ4n) is 2.71. The van der Waals surface area contributed by atoms with Crippen LogP contribution in [0.3, 0.4) is 0 Å². The number of nitrogens with one attached hydrogen (secondary N) is 1. The smallest absolute Gasteiger partial charge is 0.257 e. The van der Waals surface area contributed by atoms with Crippen LogP contribution in [0, 0.1) is 13.8 Å². The van der Waals surface area contributed by atoms with Crippen LogP contribution in [0.5, 0.6) is 0 Å². The predicted octanol–water partition coefficient (Wildman–Crippen LogP) is 1.60. The summed E-state index contributed by atoms with van der Waals surface area (Å²) >= 11 is 0. The first-order valence-electron chi connectivity index (χ1n) is 7.87. The van der Waals surface area contributed by atoms with Crippen LogP contribution < -0.4 is 5.32 Å². The molecular weight excluding hydrogens is 308 g/mol. The van der Waals surface area contributed by atoms with E-state index < -0.39 is 0 Å². The van der Waals surface area contributed by atoms with Crippen LogP contribution in [0.1, 0.15) is 23.4 Å². The van der Waals surface area contributed by atoms with Gasteiger partial charge in [-0.15, -0.1) is 0 Å². The fraction of sp³-hybridized carbons (Fsp3) is 0.375. The summed E-state index contributed by atoms with van der Waals surface area (Å²) in [5.74, 6) is 1.75. The second kappa shape index (κ2) is 6.14. The molecule has 1 fully saturated rings. The summed E-state index contributed by atoms with van der Waals surface area (Å²) in [6.45, 7) is 6.12. The van der Waals surface area contributed by atoms with Crippen LogP contribution >= 0.6 is 0 Å². The predicted molar refractivity (Wildman–Crippen MR) is 85.7 cm³/mol. The average molecular weight is 326 g/mol. The molecule has 3 aromatic rings. The van der Waals surface area contributed by atoms with Crippen molar-refractivity contribution >= 4 is 0 Å². The van der Waals surface area contributed by atoms with Crippen molar-refractivity contribution in [1.29, 1.82) is 0 Å². The fourth-order valence-corrected chi connectivity index (χ4v) is 2.71. The van der Waals surface area contributed by atoms with Crippen molar-refractivity contribution in [2.24, 2.45) is 0 Å². The quantitative estimate of drug-likeness (QED) is 0.781. The number of aryl methyl sites for hydroxylation is 2. The zero-order valence-electron chi connectivity index (χ0n) is 13.6. The van der Waals surface area contributed by atoms with E-state index in [2.05, 4.69) is 25.5 Å². The summed E-state index contributed by atoms with van der Waals surface area (Å²) in [5.41, 5.74) is 2.79. The van der Waals surface area contributed by atoms with Crippen molar-refractivity contribution in [3.05, 3.63) is 41.7 Å². The van der Waals surface area contributed by atoms with Gasteiger partial charge >= 0.3 is 0 Å². The Labute approximate surface area is 138 Å². The first-order chi connectivity index (χ1) is 11.7. The second-order valence-electron chi connectivity index (χ2n) is 5.76. The molecule has 0 aromatic carbocycles. The van der Waals surface area contributed by atoms with E-state index in [9.17, 15) is 0 Å². The van der Waals surface area contributed by atoms with Gasteiger partial charge in [-0.1, -0.05) is 5.16 Å². The van der Waals surface area contributed by atoms with Crippen LogP contribution in [0.15, 0.2) is 28.9 Å². The highest BCUT2D eigenvalue weighted by molar-refractivity contribution is 5.53. The van der Waals surface area contributed by atoms with Gasteiger partial charge in [0.25, 0.3) is 5.89 Å². The zero-order valence-corrected chi connectivity index (χ0v) is 13.6. The summed E-state index contributed by atoms with van der Waals surface area (Å²) in [5, 5.41) is 11.7. The molecule has 0 spiro atoms. The minimum atomic E-state index is -0.193. The molecule has 1 N–H and O–H groups in total. The normalized spacial score (nSPS) is 18.0. The first-order valence-corrected chi connectivity index (χ1v) is 7.87. The highest BCUT2D eigenvalue weighted by Gasteiger charge is 2.22. The van der Waals surface area contributed by atoms with E-state index in [0.717, 1.165) is 29.3 Å². The van der Waals surface area contributed by atoms with Crippen LogP contribution in [0.25, 0.3) is 17.2 Å². The molecule has 4 rings (SSSR count). The van der Waals surface area contributed by atoms with Crippen LogP contribution in [-0.4, -0.2) is 44.6 Å². The molecule has 0 radical (unpaired) electrons. The minimum Gasteiger partial charge on any atom is -0.366 e. The average Bonchev–Trinajstić information content (AvgIpc) is 3.22. The Hall–Kier alpha value is -2.58. The van der Waals surface area contributed by atoms with Gasteiger partial charge in [-0.3, -0.25) is 0 Å². The van der Waals surface area contributed by atoms with E-state index in [-0.39, 0.29) is 6.10 Å². The van der Waals surface area contributed by atoms with E-state index in [1.54, 1.807) is 6.20 Å². The van der Waals surface area contributed by atoms with Gasteiger partial charge < -0.3 is 14.6 Å². The Kier molecular flexibility index (Phi) is 3.83. The molecule has 0 aliphatic carbocycles. The molecule has 0 amide bonds. The van der Waals surface area contributed by atoms with Gasteiger partial charge in [0, 0.05) is 30.5 Å². The van der Waals surface area contributed by atoms with Crippen molar-refractivity contribution in [2.45, 2.75) is 20.0 Å². The maximum absolute atomic E-state index is 5.62. The maximum atomic E-state index is 5.62. The van der Waals surface area contributed by atoms with Gasteiger partial charge in [-0.2, -0.15) is 10.1 Å². The van der Waals surface area contributed by atoms with Gasteiger partial charge in [0.1, 0.15) is 6.10 Å². The third-order valence-electron chi connectivity index (χ3n) is 3.88. The number of aromatic nitrogens is 5. The number of hydrogen-bond acceptors (Lipinski definition) is 7. The van der Waals surface area contributed by atoms with E-state index in [1.165, 1.54) is 0 Å². The number of morpholine rings is 1. The third-order valence-corrected chi connectivity index (χ3v) is 3.88. The molecule has 1 atom stereocenters. The lowest BCUT2D eigenvalue weighted by molar-refractivity contribution is 0.00755. The number of ether oxygens (including phenoxy) is 1. The highest BCUT2D eigenvalue weighted by atomic mass is 16.5. The van der Waals surface area contributed by atoms with Crippen molar-refractivity contribution in [3.8, 4) is 17.2 Å². The Morgan fingerprint density at radius 2 is 2.21 bits per heavy atom. The lowest BCUT2D eigenvalue weighted by Crippen LogP contribution is -2.33. The molecule has 1 aliphatic rings. The second-order valence-corrected chi connectivity index (χ2v) is 5.76. The molecule has 1 saturated heterocycles. The van der Waals surface area contributed by atoms with Crippen molar-refractivity contribution in [3.63, 3.8) is 0 Å². The lowest BCUT2D eigenvalue weighted by atomic mass is 10.2. The highest BCUT2D eigenvalue weighted by Crippen LogP contribution is 2.22. The number of pyridine rings is 1. The van der Waals surface area contributed by atoms with Gasteiger partial charge in [0.15, 0.2) is 5.82 Å². The summed E-state index contributed by atoms with van der Waals surface area (Å²) in [6, 6.07) is 5.82. The molecule has 24 heavy (non-hydrogen) atoms. The summed E-state index contributed by atoms with van der Waals surface area (Å²) < 4.78 is 12.8. The van der Waals surface area contributed by atoms with Crippen LogP contribution in [0.2, 0.25) is 0 Å². The lowest BCUT2D eigenvalue weighted by Gasteiger charge is -2.19. The molecule has 0 saturated carbocycles.